The van der Waals surface area contributed by atoms with Crippen LogP contribution in [0.25, 0.3) is 0 Å². The van der Waals surface area contributed by atoms with Gasteiger partial charge in [-0.2, -0.15) is 0 Å². The third-order valence-corrected chi connectivity index (χ3v) is 2.30. The molecular formula is C8H9NO4S. The second kappa shape index (κ2) is 4.61. The Morgan fingerprint density at radius 3 is 2.79 bits per heavy atom. The molecular weight excluding hydrogens is 206 g/mol. The number of primary amides is 1. The summed E-state index contributed by atoms with van der Waals surface area (Å²) in [6.07, 6.45) is 0.123. The van der Waals surface area contributed by atoms with Gasteiger partial charge in [0, 0.05) is 11.4 Å². The molecule has 0 aliphatic rings. The van der Waals surface area contributed by atoms with Crippen molar-refractivity contribution in [3.63, 3.8) is 0 Å². The molecule has 3 N–H and O–H groups in total. The molecule has 0 aliphatic heterocycles. The van der Waals surface area contributed by atoms with Crippen molar-refractivity contribution in [3.8, 4) is 5.75 Å². The second-order valence-corrected chi connectivity index (χ2v) is 3.43. The lowest BCUT2D eigenvalue weighted by atomic mass is 10.4. The van der Waals surface area contributed by atoms with Crippen molar-refractivity contribution in [2.45, 2.75) is 6.42 Å². The molecule has 76 valence electrons. The molecule has 0 saturated carbocycles. The number of carboxylic acids is 1. The summed E-state index contributed by atoms with van der Waals surface area (Å²) in [6, 6.07) is 1.41. The smallest absolute Gasteiger partial charge is 0.346 e. The largest absolute Gasteiger partial charge is 0.492 e. The van der Waals surface area contributed by atoms with Gasteiger partial charge in [0.15, 0.2) is 0 Å². The third-order valence-electron chi connectivity index (χ3n) is 1.40. The van der Waals surface area contributed by atoms with E-state index in [4.69, 9.17) is 15.6 Å². The summed E-state index contributed by atoms with van der Waals surface area (Å²) < 4.78 is 5.09. The zero-order valence-electron chi connectivity index (χ0n) is 7.23. The van der Waals surface area contributed by atoms with E-state index in [2.05, 4.69) is 0 Å². The quantitative estimate of drug-likeness (QED) is 0.756. The molecule has 0 fully saturated rings. The van der Waals surface area contributed by atoms with Gasteiger partial charge in [0.1, 0.15) is 10.6 Å². The molecule has 6 heteroatoms. The SMILES string of the molecule is NC(=O)CCOc1csc(C(=O)O)c1. The molecule has 0 unspecified atom stereocenters. The molecule has 0 atom stereocenters. The minimum absolute atomic E-state index is 0.123. The Balaban J connectivity index is 2.44. The standard InChI is InChI=1S/C8H9NO4S/c9-7(10)1-2-13-5-3-6(8(11)12)14-4-5/h3-4H,1-2H2,(H2,9,10)(H,11,12). The zero-order chi connectivity index (χ0) is 10.6. The van der Waals surface area contributed by atoms with Crippen LogP contribution in [0.3, 0.4) is 0 Å². The second-order valence-electron chi connectivity index (χ2n) is 2.52. The highest BCUT2D eigenvalue weighted by atomic mass is 32.1. The van der Waals surface area contributed by atoms with E-state index in [0.29, 0.717) is 5.75 Å². The molecule has 1 aromatic rings. The van der Waals surface area contributed by atoms with Crippen molar-refractivity contribution >= 4 is 23.2 Å². The summed E-state index contributed by atoms with van der Waals surface area (Å²) in [5.74, 6) is -0.980. The normalized spacial score (nSPS) is 9.71. The summed E-state index contributed by atoms with van der Waals surface area (Å²) >= 11 is 1.08. The highest BCUT2D eigenvalue weighted by molar-refractivity contribution is 7.12. The summed E-state index contributed by atoms with van der Waals surface area (Å²) in [7, 11) is 0. The van der Waals surface area contributed by atoms with Gasteiger partial charge in [0.2, 0.25) is 5.91 Å². The first-order chi connectivity index (χ1) is 6.59. The fourth-order valence-corrected chi connectivity index (χ4v) is 1.44. The number of hydrogen-bond donors (Lipinski definition) is 2. The maximum atomic E-state index is 10.5. The number of carboxylic acid groups (broad SMARTS) is 1. The lowest BCUT2D eigenvalue weighted by Crippen LogP contribution is -2.14. The minimum Gasteiger partial charge on any atom is -0.492 e. The summed E-state index contributed by atoms with van der Waals surface area (Å²) in [5, 5.41) is 10.2. The zero-order valence-corrected chi connectivity index (χ0v) is 8.04. The first-order valence-corrected chi connectivity index (χ1v) is 4.70. The molecule has 1 aromatic heterocycles. The predicted octanol–water partition coefficient (Wildman–Crippen LogP) is 0.700. The molecule has 0 aromatic carbocycles. The van der Waals surface area contributed by atoms with E-state index in [1.165, 1.54) is 6.07 Å². The van der Waals surface area contributed by atoms with E-state index >= 15 is 0 Å². The first kappa shape index (κ1) is 10.5. The maximum Gasteiger partial charge on any atom is 0.346 e. The molecule has 14 heavy (non-hydrogen) atoms. The summed E-state index contributed by atoms with van der Waals surface area (Å²) in [5.41, 5.74) is 4.90. The molecule has 1 heterocycles. The van der Waals surface area contributed by atoms with Gasteiger partial charge < -0.3 is 15.6 Å². The van der Waals surface area contributed by atoms with Crippen LogP contribution in [0.1, 0.15) is 16.1 Å². The number of carbonyl (C=O) groups excluding carboxylic acids is 1. The fraction of sp³-hybridized carbons (Fsp3) is 0.250. The lowest BCUT2D eigenvalue weighted by molar-refractivity contribution is -0.118. The Kier molecular flexibility index (Phi) is 3.47. The first-order valence-electron chi connectivity index (χ1n) is 3.82. The van der Waals surface area contributed by atoms with E-state index in [-0.39, 0.29) is 17.9 Å². The summed E-state index contributed by atoms with van der Waals surface area (Å²) in [6.45, 7) is 0.172. The van der Waals surface area contributed by atoms with E-state index in [0.717, 1.165) is 11.3 Å². The Morgan fingerprint density at radius 2 is 2.29 bits per heavy atom. The Morgan fingerprint density at radius 1 is 1.57 bits per heavy atom. The molecule has 0 bridgehead atoms. The monoisotopic (exact) mass is 215 g/mol. The average molecular weight is 215 g/mol. The molecule has 1 amide bonds. The maximum absolute atomic E-state index is 10.5. The van der Waals surface area contributed by atoms with Crippen molar-refractivity contribution in [2.75, 3.05) is 6.61 Å². The van der Waals surface area contributed by atoms with Gasteiger partial charge in [0.05, 0.1) is 13.0 Å². The van der Waals surface area contributed by atoms with Crippen LogP contribution < -0.4 is 10.5 Å². The van der Waals surface area contributed by atoms with Crippen molar-refractivity contribution in [1.82, 2.24) is 0 Å². The highest BCUT2D eigenvalue weighted by Crippen LogP contribution is 2.21. The van der Waals surface area contributed by atoms with Gasteiger partial charge >= 0.3 is 5.97 Å². The number of aromatic carboxylic acids is 1. The predicted molar refractivity (Wildman–Crippen MR) is 50.6 cm³/mol. The minimum atomic E-state index is -0.986. The summed E-state index contributed by atoms with van der Waals surface area (Å²) in [4.78, 5) is 21.0. The van der Waals surface area contributed by atoms with E-state index in [9.17, 15) is 9.59 Å². The van der Waals surface area contributed by atoms with Crippen LogP contribution in [0.5, 0.6) is 5.75 Å². The van der Waals surface area contributed by atoms with Crippen molar-refractivity contribution in [3.05, 3.63) is 16.3 Å². The number of ether oxygens (including phenoxy) is 1. The number of amides is 1. The highest BCUT2D eigenvalue weighted by Gasteiger charge is 2.07. The number of hydrogen-bond acceptors (Lipinski definition) is 4. The van der Waals surface area contributed by atoms with Crippen molar-refractivity contribution < 1.29 is 19.4 Å². The van der Waals surface area contributed by atoms with Crippen LogP contribution in [0, 0.1) is 0 Å². The Hall–Kier alpha value is -1.56. The molecule has 0 aliphatic carbocycles. The number of nitrogens with two attached hydrogens (primary N) is 1. The van der Waals surface area contributed by atoms with Crippen LogP contribution in [-0.2, 0) is 4.79 Å². The molecule has 0 radical (unpaired) electrons. The van der Waals surface area contributed by atoms with Crippen molar-refractivity contribution in [1.29, 1.82) is 0 Å². The van der Waals surface area contributed by atoms with Crippen LogP contribution in [0.2, 0.25) is 0 Å². The van der Waals surface area contributed by atoms with E-state index in [1.807, 2.05) is 0 Å². The topological polar surface area (TPSA) is 89.6 Å². The lowest BCUT2D eigenvalue weighted by Gasteiger charge is -1.99. The van der Waals surface area contributed by atoms with Gasteiger partial charge in [-0.05, 0) is 0 Å². The molecule has 0 spiro atoms. The van der Waals surface area contributed by atoms with Crippen LogP contribution in [-0.4, -0.2) is 23.6 Å². The van der Waals surface area contributed by atoms with Gasteiger partial charge in [-0.3, -0.25) is 4.79 Å². The Labute approximate surface area is 84.1 Å². The van der Waals surface area contributed by atoms with Crippen LogP contribution in [0.15, 0.2) is 11.4 Å². The van der Waals surface area contributed by atoms with Crippen molar-refractivity contribution in [2.24, 2.45) is 5.73 Å². The Bertz CT molecular complexity index is 347. The van der Waals surface area contributed by atoms with Gasteiger partial charge in [0.25, 0.3) is 0 Å². The number of thiophene rings is 1. The van der Waals surface area contributed by atoms with E-state index in [1.54, 1.807) is 5.38 Å². The molecule has 1 rings (SSSR count). The fourth-order valence-electron chi connectivity index (χ4n) is 0.776. The number of rotatable bonds is 5. The van der Waals surface area contributed by atoms with E-state index < -0.39 is 11.9 Å². The van der Waals surface area contributed by atoms with Gasteiger partial charge in [-0.15, -0.1) is 11.3 Å². The van der Waals surface area contributed by atoms with Gasteiger partial charge in [-0.1, -0.05) is 0 Å². The number of carbonyl (C=O) groups is 2. The van der Waals surface area contributed by atoms with Crippen LogP contribution in [0.4, 0.5) is 0 Å². The average Bonchev–Trinajstić information content (AvgIpc) is 2.52. The molecule has 0 saturated heterocycles. The third kappa shape index (κ3) is 3.06. The van der Waals surface area contributed by atoms with Crippen LogP contribution >= 0.6 is 11.3 Å². The van der Waals surface area contributed by atoms with Gasteiger partial charge in [-0.25, -0.2) is 4.79 Å². The molecule has 5 nitrogen and oxygen atoms in total.